The zero-order valence-corrected chi connectivity index (χ0v) is 9.85. The highest BCUT2D eigenvalue weighted by molar-refractivity contribution is 5.84. The van der Waals surface area contributed by atoms with E-state index in [1.165, 1.54) is 22.0 Å². The van der Waals surface area contributed by atoms with Crippen molar-refractivity contribution in [3.05, 3.63) is 72.3 Å². The molecule has 1 aliphatic heterocycles. The van der Waals surface area contributed by atoms with Gasteiger partial charge >= 0.3 is 0 Å². The first-order valence-corrected chi connectivity index (χ1v) is 6.10. The first-order chi connectivity index (χ1) is 8.90. The van der Waals surface area contributed by atoms with E-state index in [0.717, 1.165) is 12.4 Å². The number of nitrogens with zero attached hydrogens (tertiary/aromatic N) is 1. The molecule has 0 aliphatic carbocycles. The van der Waals surface area contributed by atoms with Crippen LogP contribution in [0, 0.1) is 6.54 Å². The molecule has 2 heterocycles. The van der Waals surface area contributed by atoms with Gasteiger partial charge in [0, 0.05) is 17.4 Å². The van der Waals surface area contributed by atoms with Crippen LogP contribution in [-0.4, -0.2) is 4.98 Å². The van der Waals surface area contributed by atoms with Crippen molar-refractivity contribution in [1.82, 2.24) is 4.98 Å². The minimum Gasteiger partial charge on any atom is -0.341 e. The number of para-hydroxylation sites is 1. The van der Waals surface area contributed by atoms with Crippen molar-refractivity contribution >= 4 is 16.7 Å². The van der Waals surface area contributed by atoms with Gasteiger partial charge in [-0.3, -0.25) is 0 Å². The van der Waals surface area contributed by atoms with Gasteiger partial charge < -0.3 is 9.88 Å². The Morgan fingerprint density at radius 3 is 2.72 bits per heavy atom. The summed E-state index contributed by atoms with van der Waals surface area (Å²) in [5.41, 5.74) is 3.69. The van der Waals surface area contributed by atoms with Gasteiger partial charge in [0.1, 0.15) is 12.4 Å². The largest absolute Gasteiger partial charge is 0.341 e. The van der Waals surface area contributed by atoms with Gasteiger partial charge in [-0.15, -0.1) is 0 Å². The summed E-state index contributed by atoms with van der Waals surface area (Å²) in [4.78, 5) is 5.58. The molecule has 2 heteroatoms. The second-order valence-electron chi connectivity index (χ2n) is 4.60. The Morgan fingerprint density at radius 1 is 1.00 bits per heavy atom. The van der Waals surface area contributed by atoms with Crippen molar-refractivity contribution in [3.8, 4) is 0 Å². The van der Waals surface area contributed by atoms with Gasteiger partial charge in [-0.2, -0.15) is 0 Å². The molecule has 3 aromatic rings. The van der Waals surface area contributed by atoms with Gasteiger partial charge in [0.05, 0.1) is 0 Å². The van der Waals surface area contributed by atoms with Gasteiger partial charge in [-0.25, -0.2) is 0 Å². The number of hydrogen-bond acceptors (Lipinski definition) is 1. The second-order valence-corrected chi connectivity index (χ2v) is 4.60. The van der Waals surface area contributed by atoms with E-state index in [2.05, 4.69) is 71.0 Å². The summed E-state index contributed by atoms with van der Waals surface area (Å²) in [5.74, 6) is 1.10. The first-order valence-electron chi connectivity index (χ1n) is 6.10. The summed E-state index contributed by atoms with van der Waals surface area (Å²) >= 11 is 0. The molecule has 2 nitrogen and oxygen atoms in total. The molecule has 0 fully saturated rings. The lowest BCUT2D eigenvalue weighted by atomic mass is 10.1. The summed E-state index contributed by atoms with van der Waals surface area (Å²) < 4.78 is 0. The Kier molecular flexibility index (Phi) is 1.97. The van der Waals surface area contributed by atoms with Gasteiger partial charge in [-0.05, 0) is 23.3 Å². The van der Waals surface area contributed by atoms with Gasteiger partial charge in [0.25, 0.3) is 0 Å². The number of aromatic amines is 1. The van der Waals surface area contributed by atoms with Crippen LogP contribution in [0.4, 0.5) is 5.82 Å². The van der Waals surface area contributed by atoms with Crippen LogP contribution in [0.1, 0.15) is 11.1 Å². The van der Waals surface area contributed by atoms with Gasteiger partial charge in [0.2, 0.25) is 0 Å². The maximum absolute atomic E-state index is 3.44. The summed E-state index contributed by atoms with van der Waals surface area (Å²) in [6, 6.07) is 18.9. The highest BCUT2D eigenvalue weighted by atomic mass is 15.2. The Labute approximate surface area is 106 Å². The third kappa shape index (κ3) is 1.42. The number of benzene rings is 2. The molecule has 0 atom stereocenters. The number of anilines is 1. The molecule has 0 spiro atoms. The number of H-pyrrole nitrogens is 1. The van der Waals surface area contributed by atoms with E-state index >= 15 is 0 Å². The Hall–Kier alpha value is -2.22. The maximum atomic E-state index is 3.44. The fourth-order valence-corrected chi connectivity index (χ4v) is 2.47. The standard InChI is InChI=1S/C16H12N2/c1-2-7-14-11-18(10-13(14)6-1)16-9-12-5-3-4-8-15(12)17-16/h1-9,17H,10H2. The molecule has 0 saturated heterocycles. The van der Waals surface area contributed by atoms with E-state index < -0.39 is 0 Å². The van der Waals surface area contributed by atoms with Crippen LogP contribution in [0.5, 0.6) is 0 Å². The molecule has 1 N–H and O–H groups in total. The molecule has 86 valence electrons. The molecule has 4 rings (SSSR count). The van der Waals surface area contributed by atoms with Gasteiger partial charge in [-0.1, -0.05) is 42.5 Å². The molecule has 18 heavy (non-hydrogen) atoms. The van der Waals surface area contributed by atoms with E-state index in [0.29, 0.717) is 0 Å². The third-order valence-corrected chi connectivity index (χ3v) is 3.41. The molecule has 0 saturated carbocycles. The summed E-state index contributed by atoms with van der Waals surface area (Å²) in [5, 5.41) is 1.24. The molecular weight excluding hydrogens is 220 g/mol. The molecule has 2 aromatic carbocycles. The van der Waals surface area contributed by atoms with Crippen LogP contribution in [0.15, 0.2) is 54.6 Å². The van der Waals surface area contributed by atoms with E-state index in [9.17, 15) is 0 Å². The fraction of sp³-hybridized carbons (Fsp3) is 0.0625. The zero-order chi connectivity index (χ0) is 11.9. The average molecular weight is 232 g/mol. The second kappa shape index (κ2) is 3.64. The van der Waals surface area contributed by atoms with Gasteiger partial charge in [0.15, 0.2) is 0 Å². The number of nitrogens with one attached hydrogen (secondary N) is 1. The van der Waals surface area contributed by atoms with Crippen molar-refractivity contribution in [3.63, 3.8) is 0 Å². The average Bonchev–Trinajstić information content (AvgIpc) is 3.02. The Bertz CT molecular complexity index is 654. The number of fused-ring (bicyclic) bond motifs is 2. The third-order valence-electron chi connectivity index (χ3n) is 3.41. The van der Waals surface area contributed by atoms with Crippen LogP contribution in [0.2, 0.25) is 0 Å². The smallest absolute Gasteiger partial charge is 0.128 e. The highest BCUT2D eigenvalue weighted by Gasteiger charge is 2.21. The predicted octanol–water partition coefficient (Wildman–Crippen LogP) is 3.57. The lowest BCUT2D eigenvalue weighted by Gasteiger charge is -2.13. The van der Waals surface area contributed by atoms with Crippen molar-refractivity contribution < 1.29 is 0 Å². The lowest BCUT2D eigenvalue weighted by Crippen LogP contribution is -2.12. The molecule has 1 aliphatic rings. The fourth-order valence-electron chi connectivity index (χ4n) is 2.47. The van der Waals surface area contributed by atoms with E-state index in [-0.39, 0.29) is 0 Å². The molecule has 1 aromatic heterocycles. The zero-order valence-electron chi connectivity index (χ0n) is 9.85. The number of rotatable bonds is 1. The Balaban J connectivity index is 1.73. The Morgan fingerprint density at radius 2 is 1.83 bits per heavy atom. The van der Waals surface area contributed by atoms with E-state index in [4.69, 9.17) is 0 Å². The first kappa shape index (κ1) is 9.77. The van der Waals surface area contributed by atoms with Crippen LogP contribution >= 0.6 is 0 Å². The summed E-state index contributed by atoms with van der Waals surface area (Å²) in [6.07, 6.45) is 0. The summed E-state index contributed by atoms with van der Waals surface area (Å²) in [7, 11) is 0. The maximum Gasteiger partial charge on any atom is 0.128 e. The van der Waals surface area contributed by atoms with Crippen molar-refractivity contribution in [1.29, 1.82) is 0 Å². The van der Waals surface area contributed by atoms with Crippen LogP contribution in [0.3, 0.4) is 0 Å². The molecule has 0 bridgehead atoms. The van der Waals surface area contributed by atoms with E-state index in [1.54, 1.807) is 0 Å². The normalized spacial score (nSPS) is 14.1. The highest BCUT2D eigenvalue weighted by Crippen LogP contribution is 2.30. The SMILES string of the molecule is [C]1c2ccccc2CN1c1cc2ccccc2[nH]1. The van der Waals surface area contributed by atoms with Crippen molar-refractivity contribution in [2.24, 2.45) is 0 Å². The van der Waals surface area contributed by atoms with Crippen LogP contribution in [0.25, 0.3) is 10.9 Å². The van der Waals surface area contributed by atoms with Crippen LogP contribution in [-0.2, 0) is 6.54 Å². The summed E-state index contributed by atoms with van der Waals surface area (Å²) in [6.45, 7) is 4.31. The topological polar surface area (TPSA) is 19.0 Å². The molecule has 0 amide bonds. The minimum atomic E-state index is 0.892. The minimum absolute atomic E-state index is 0.892. The number of hydrogen-bond donors (Lipinski definition) is 1. The predicted molar refractivity (Wildman–Crippen MR) is 73.3 cm³/mol. The number of aromatic nitrogens is 1. The van der Waals surface area contributed by atoms with Crippen LogP contribution < -0.4 is 4.90 Å². The molecule has 0 unspecified atom stereocenters. The molecule has 2 radical (unpaired) electrons. The lowest BCUT2D eigenvalue weighted by molar-refractivity contribution is 0.972. The van der Waals surface area contributed by atoms with Crippen molar-refractivity contribution in [2.45, 2.75) is 6.54 Å². The monoisotopic (exact) mass is 232 g/mol. The quantitative estimate of drug-likeness (QED) is 0.679. The van der Waals surface area contributed by atoms with Crippen molar-refractivity contribution in [2.75, 3.05) is 4.90 Å². The van der Waals surface area contributed by atoms with E-state index in [1.807, 2.05) is 0 Å². The molecular formula is C16H12N2.